The van der Waals surface area contributed by atoms with Crippen LogP contribution in [0.25, 0.3) is 0 Å². The van der Waals surface area contributed by atoms with E-state index < -0.39 is 0 Å². The molecule has 0 fully saturated rings. The summed E-state index contributed by atoms with van der Waals surface area (Å²) in [6.07, 6.45) is 43.2. The predicted molar refractivity (Wildman–Crippen MR) is 234 cm³/mol. The number of hydrazine groups is 1. The number of ether oxygens (including phenoxy) is 2. The highest BCUT2D eigenvalue weighted by Crippen LogP contribution is 2.19. The highest BCUT2D eigenvalue weighted by molar-refractivity contribution is 5.69. The molecule has 0 aromatic rings. The number of nitrogens with zero attached hydrogens (tertiary/aromatic N) is 2. The fourth-order valence-electron chi connectivity index (χ4n) is 7.42. The van der Waals surface area contributed by atoms with Gasteiger partial charge in [0.2, 0.25) is 0 Å². The number of carbonyl (C=O) groups is 2. The van der Waals surface area contributed by atoms with E-state index in [1.54, 1.807) is 11.2 Å². The summed E-state index contributed by atoms with van der Waals surface area (Å²) in [6, 6.07) is 0. The number of hydrogen-bond donors (Lipinski definition) is 2. The fourth-order valence-corrected chi connectivity index (χ4v) is 7.42. The summed E-state index contributed by atoms with van der Waals surface area (Å²) in [4.78, 5) is 27.5. The van der Waals surface area contributed by atoms with Crippen LogP contribution in [-0.2, 0) is 19.1 Å². The van der Waals surface area contributed by atoms with E-state index in [-0.39, 0.29) is 18.0 Å². The predicted octanol–water partition coefficient (Wildman–Crippen LogP) is 12.0. The SMILES string of the molecule is CCCCCCCCCOC(=O)CCCCCCCN(CCCCCCCC(=O)OC(CCCCCCCC)CCCCCCCC)CCCN(N)/C=C\[NH3+]. The second-order valence-corrected chi connectivity index (χ2v) is 16.4. The molecule has 0 radical (unpaired) electrons. The van der Waals surface area contributed by atoms with Gasteiger partial charge in [0.15, 0.2) is 0 Å². The normalized spacial score (nSPS) is 11.7. The summed E-state index contributed by atoms with van der Waals surface area (Å²) in [7, 11) is 0. The standard InChI is InChI=1S/C47H94N4O4/c1-4-7-10-13-16-25-32-44-54-46(52)36-28-21-17-23-30-39-50(41-33-42-51(49)43-38-48)40-31-24-18-22-29-37-47(53)55-45(34-26-19-14-11-8-5-2)35-27-20-15-12-9-6-3/h38,43,45H,4-37,39-42,44,48-49H2,1-3H3/p+1/b43-38-. The van der Waals surface area contributed by atoms with Crippen molar-refractivity contribution in [3.8, 4) is 0 Å². The van der Waals surface area contributed by atoms with Crippen LogP contribution in [0.3, 0.4) is 0 Å². The van der Waals surface area contributed by atoms with Gasteiger partial charge >= 0.3 is 11.9 Å². The van der Waals surface area contributed by atoms with E-state index in [9.17, 15) is 9.59 Å². The van der Waals surface area contributed by atoms with E-state index in [4.69, 9.17) is 15.3 Å². The van der Waals surface area contributed by atoms with Crippen LogP contribution < -0.4 is 11.6 Å². The molecular formula is C47H95N4O4+. The Labute approximate surface area is 342 Å². The summed E-state index contributed by atoms with van der Waals surface area (Å²) < 4.78 is 11.5. The van der Waals surface area contributed by atoms with Crippen LogP contribution in [0, 0.1) is 0 Å². The monoisotopic (exact) mass is 780 g/mol. The molecule has 0 unspecified atom stereocenters. The fraction of sp³-hybridized carbons (Fsp3) is 0.915. The lowest BCUT2D eigenvalue weighted by atomic mass is 10.0. The van der Waals surface area contributed by atoms with E-state index in [1.165, 1.54) is 154 Å². The summed E-state index contributed by atoms with van der Waals surface area (Å²) in [5, 5.41) is 1.72. The van der Waals surface area contributed by atoms with E-state index >= 15 is 0 Å². The van der Waals surface area contributed by atoms with Gasteiger partial charge in [0.05, 0.1) is 12.8 Å². The molecule has 0 heterocycles. The Morgan fingerprint density at radius 3 is 1.40 bits per heavy atom. The van der Waals surface area contributed by atoms with Crippen molar-refractivity contribution < 1.29 is 24.8 Å². The first-order valence-corrected chi connectivity index (χ1v) is 24.0. The zero-order valence-corrected chi connectivity index (χ0v) is 37.1. The molecular weight excluding hydrogens is 685 g/mol. The van der Waals surface area contributed by atoms with Crippen molar-refractivity contribution in [3.05, 3.63) is 12.4 Å². The lowest BCUT2D eigenvalue weighted by Crippen LogP contribution is -2.41. The lowest BCUT2D eigenvalue weighted by Gasteiger charge is -2.23. The maximum atomic E-state index is 12.8. The molecule has 326 valence electrons. The quantitative estimate of drug-likeness (QED) is 0.0274. The van der Waals surface area contributed by atoms with Crippen molar-refractivity contribution in [2.75, 3.05) is 32.8 Å². The van der Waals surface area contributed by atoms with Crippen molar-refractivity contribution in [2.45, 2.75) is 245 Å². The Balaban J connectivity index is 4.30. The highest BCUT2D eigenvalue weighted by atomic mass is 16.5. The molecule has 55 heavy (non-hydrogen) atoms. The molecule has 0 aliphatic rings. The van der Waals surface area contributed by atoms with Crippen LogP contribution in [0.2, 0.25) is 0 Å². The molecule has 5 N–H and O–H groups in total. The van der Waals surface area contributed by atoms with Crippen LogP contribution in [-0.4, -0.2) is 60.7 Å². The average molecular weight is 780 g/mol. The molecule has 0 spiro atoms. The maximum Gasteiger partial charge on any atom is 0.306 e. The highest BCUT2D eigenvalue weighted by Gasteiger charge is 2.14. The molecule has 0 saturated carbocycles. The molecule has 8 nitrogen and oxygen atoms in total. The Morgan fingerprint density at radius 1 is 0.509 bits per heavy atom. The Hall–Kier alpha value is -1.64. The number of rotatable bonds is 44. The van der Waals surface area contributed by atoms with Gasteiger partial charge in [0.1, 0.15) is 12.3 Å². The van der Waals surface area contributed by atoms with Crippen LogP contribution in [0.1, 0.15) is 239 Å². The van der Waals surface area contributed by atoms with Gasteiger partial charge < -0.3 is 25.1 Å². The minimum absolute atomic E-state index is 0.0222. The van der Waals surface area contributed by atoms with Crippen molar-refractivity contribution in [1.82, 2.24) is 9.91 Å². The third-order valence-corrected chi connectivity index (χ3v) is 11.0. The van der Waals surface area contributed by atoms with Crippen LogP contribution in [0.5, 0.6) is 0 Å². The third-order valence-electron chi connectivity index (χ3n) is 11.0. The molecule has 0 bridgehead atoms. The molecule has 0 aliphatic carbocycles. The van der Waals surface area contributed by atoms with Gasteiger partial charge in [-0.3, -0.25) is 9.59 Å². The Bertz CT molecular complexity index is 826. The second kappa shape index (κ2) is 43.5. The third kappa shape index (κ3) is 40.4. The first-order valence-electron chi connectivity index (χ1n) is 24.0. The van der Waals surface area contributed by atoms with Crippen molar-refractivity contribution >= 4 is 11.9 Å². The number of esters is 2. The maximum absolute atomic E-state index is 12.8. The summed E-state index contributed by atoms with van der Waals surface area (Å²) in [5.41, 5.74) is 3.75. The minimum atomic E-state index is -0.0222. The Kier molecular flexibility index (Phi) is 42.2. The molecule has 0 aromatic heterocycles. The molecule has 0 rings (SSSR count). The smallest absolute Gasteiger partial charge is 0.306 e. The van der Waals surface area contributed by atoms with E-state index in [2.05, 4.69) is 31.4 Å². The molecule has 0 aromatic carbocycles. The topological polar surface area (TPSA) is 113 Å². The molecule has 8 heteroatoms. The van der Waals surface area contributed by atoms with Gasteiger partial charge in [-0.25, -0.2) is 5.84 Å². The van der Waals surface area contributed by atoms with Crippen LogP contribution >= 0.6 is 0 Å². The number of unbranched alkanes of at least 4 members (excludes halogenated alkanes) is 24. The number of nitrogens with two attached hydrogens (primary N) is 1. The van der Waals surface area contributed by atoms with Crippen molar-refractivity contribution in [2.24, 2.45) is 5.84 Å². The van der Waals surface area contributed by atoms with Gasteiger partial charge in [0.25, 0.3) is 0 Å². The lowest BCUT2D eigenvalue weighted by molar-refractivity contribution is -0.276. The minimum Gasteiger partial charge on any atom is -0.466 e. The Morgan fingerprint density at radius 2 is 0.909 bits per heavy atom. The zero-order valence-electron chi connectivity index (χ0n) is 37.1. The van der Waals surface area contributed by atoms with Gasteiger partial charge in [0, 0.05) is 19.4 Å². The van der Waals surface area contributed by atoms with Crippen molar-refractivity contribution in [1.29, 1.82) is 0 Å². The van der Waals surface area contributed by atoms with E-state index in [0.717, 1.165) is 77.5 Å². The second-order valence-electron chi connectivity index (χ2n) is 16.4. The molecule has 0 saturated heterocycles. The van der Waals surface area contributed by atoms with Crippen LogP contribution in [0.4, 0.5) is 0 Å². The first-order chi connectivity index (χ1) is 27.0. The van der Waals surface area contributed by atoms with Crippen molar-refractivity contribution in [3.63, 3.8) is 0 Å². The zero-order chi connectivity index (χ0) is 40.3. The van der Waals surface area contributed by atoms with Gasteiger partial charge in [-0.1, -0.05) is 162 Å². The van der Waals surface area contributed by atoms with Gasteiger partial charge in [-0.05, 0) is 83.8 Å². The van der Waals surface area contributed by atoms with E-state index in [1.807, 2.05) is 6.20 Å². The summed E-state index contributed by atoms with van der Waals surface area (Å²) >= 11 is 0. The summed E-state index contributed by atoms with van der Waals surface area (Å²) in [6.45, 7) is 11.5. The average Bonchev–Trinajstić information content (AvgIpc) is 3.17. The van der Waals surface area contributed by atoms with Crippen LogP contribution in [0.15, 0.2) is 12.4 Å². The molecule has 0 atom stereocenters. The number of quaternary nitrogens is 1. The molecule has 0 aliphatic heterocycles. The number of carbonyl (C=O) groups excluding carboxylic acids is 2. The summed E-state index contributed by atoms with van der Waals surface area (Å²) in [5.74, 6) is 6.04. The largest absolute Gasteiger partial charge is 0.466 e. The van der Waals surface area contributed by atoms with Gasteiger partial charge in [-0.15, -0.1) is 0 Å². The first kappa shape index (κ1) is 53.4. The van der Waals surface area contributed by atoms with E-state index in [0.29, 0.717) is 19.4 Å². The number of hydrogen-bond acceptors (Lipinski definition) is 7. The van der Waals surface area contributed by atoms with Gasteiger partial charge in [-0.2, -0.15) is 0 Å². The molecule has 0 amide bonds.